The van der Waals surface area contributed by atoms with E-state index in [1.807, 2.05) is 62.4 Å². The van der Waals surface area contributed by atoms with Crippen LogP contribution in [-0.4, -0.2) is 92.9 Å². The number of piperazine rings is 1. The highest BCUT2D eigenvalue weighted by Gasteiger charge is 2.43. The fraction of sp³-hybridized carbons (Fsp3) is 0.500. The molecule has 5 rings (SSSR count). The molecule has 4 heterocycles. The second-order valence-electron chi connectivity index (χ2n) is 11.6. The molecule has 2 fully saturated rings. The number of carbonyl (C=O) groups is 3. The lowest BCUT2D eigenvalue weighted by molar-refractivity contribution is -0.141. The Labute approximate surface area is 254 Å². The van der Waals surface area contributed by atoms with E-state index in [2.05, 4.69) is 15.5 Å². The molecular formula is C30H38N6O6S. The molecule has 2 aromatic heterocycles. The molecule has 3 aromatic rings. The molecule has 0 aliphatic carbocycles. The van der Waals surface area contributed by atoms with Crippen molar-refractivity contribution in [3.63, 3.8) is 0 Å². The monoisotopic (exact) mass is 610 g/mol. The number of hydrogen-bond acceptors (Lipinski definition) is 9. The Bertz CT molecular complexity index is 1450. The van der Waals surface area contributed by atoms with Gasteiger partial charge in [-0.3, -0.25) is 9.59 Å². The van der Waals surface area contributed by atoms with Gasteiger partial charge in [-0.1, -0.05) is 43.3 Å². The number of thiazole rings is 1. The number of nitrogens with one attached hydrogen (secondary N) is 1. The van der Waals surface area contributed by atoms with E-state index >= 15 is 0 Å². The van der Waals surface area contributed by atoms with Crippen LogP contribution in [0.15, 0.2) is 40.4 Å². The minimum atomic E-state index is -0.952. The molecule has 4 atom stereocenters. The lowest BCUT2D eigenvalue weighted by Gasteiger charge is -2.32. The first kappa shape index (κ1) is 30.5. The Morgan fingerprint density at radius 1 is 1.09 bits per heavy atom. The van der Waals surface area contributed by atoms with Gasteiger partial charge in [-0.2, -0.15) is 0 Å². The van der Waals surface area contributed by atoms with Gasteiger partial charge in [0.15, 0.2) is 11.6 Å². The van der Waals surface area contributed by atoms with Gasteiger partial charge in [0, 0.05) is 45.2 Å². The summed E-state index contributed by atoms with van der Waals surface area (Å²) in [5.74, 6) is -0.583. The number of anilines is 1. The third-order valence-electron chi connectivity index (χ3n) is 8.27. The number of hydrogen-bond donors (Lipinski definition) is 3. The Hall–Kier alpha value is -3.97. The number of β-amino-alcohol motifs (C(OH)–C–C–N with tert-alkyl or cyclic N) is 1. The van der Waals surface area contributed by atoms with Crippen molar-refractivity contribution in [1.29, 1.82) is 0 Å². The molecule has 0 radical (unpaired) electrons. The number of aromatic nitrogens is 2. The Morgan fingerprint density at radius 2 is 1.79 bits per heavy atom. The maximum absolute atomic E-state index is 13.9. The molecule has 13 heteroatoms. The Morgan fingerprint density at radius 3 is 2.40 bits per heavy atom. The lowest BCUT2D eigenvalue weighted by atomic mass is 9.91. The zero-order valence-electron chi connectivity index (χ0n) is 24.8. The highest BCUT2D eigenvalue weighted by Crippen LogP contribution is 2.33. The van der Waals surface area contributed by atoms with Crippen molar-refractivity contribution < 1.29 is 29.1 Å². The van der Waals surface area contributed by atoms with Crippen molar-refractivity contribution in [2.24, 2.45) is 5.92 Å². The van der Waals surface area contributed by atoms with Gasteiger partial charge < -0.3 is 34.8 Å². The molecule has 2 saturated heterocycles. The van der Waals surface area contributed by atoms with Gasteiger partial charge in [0.2, 0.25) is 11.8 Å². The quantitative estimate of drug-likeness (QED) is 0.348. The number of amides is 3. The van der Waals surface area contributed by atoms with E-state index < -0.39 is 24.2 Å². The topological polar surface area (TPSA) is 152 Å². The molecule has 3 amide bonds. The molecule has 43 heavy (non-hydrogen) atoms. The molecule has 2 aliphatic heterocycles. The van der Waals surface area contributed by atoms with Gasteiger partial charge in [0.05, 0.1) is 28.2 Å². The van der Waals surface area contributed by atoms with Gasteiger partial charge >= 0.3 is 6.09 Å². The number of aryl methyl sites for hydroxylation is 1. The molecule has 12 nitrogen and oxygen atoms in total. The zero-order chi connectivity index (χ0) is 30.8. The standard InChI is InChI=1S/C30H38N6O6S/c1-17(2)26(24-14-25(33-42-24)34-9-11-35(12-10-34)30(40)41)29(39)36-15-22(37)13-23(36)28(38)32-18(3)20-5-7-21(8-6-20)27-19(4)31-16-43-27/h5-8,14,16-18,22-23,26,37H,9-13,15H2,1-4H3,(H,32,38)(H,40,41)/t18-,22+,23+,26?/m0/s1. The predicted molar refractivity (Wildman–Crippen MR) is 161 cm³/mol. The van der Waals surface area contributed by atoms with E-state index in [0.29, 0.717) is 37.8 Å². The predicted octanol–water partition coefficient (Wildman–Crippen LogP) is 3.49. The summed E-state index contributed by atoms with van der Waals surface area (Å²) in [6, 6.07) is 8.57. The molecule has 0 spiro atoms. The summed E-state index contributed by atoms with van der Waals surface area (Å²) in [4.78, 5) is 48.8. The van der Waals surface area contributed by atoms with Crippen molar-refractivity contribution in [3.05, 3.63) is 52.9 Å². The average Bonchev–Trinajstić information content (AvgIpc) is 3.73. The highest BCUT2D eigenvalue weighted by molar-refractivity contribution is 7.13. The fourth-order valence-electron chi connectivity index (χ4n) is 5.82. The number of aliphatic hydroxyl groups excluding tert-OH is 1. The maximum Gasteiger partial charge on any atom is 0.407 e. The highest BCUT2D eigenvalue weighted by atomic mass is 32.1. The molecule has 1 aromatic carbocycles. The number of aliphatic hydroxyl groups is 1. The van der Waals surface area contributed by atoms with Crippen LogP contribution >= 0.6 is 11.3 Å². The molecular weight excluding hydrogens is 572 g/mol. The van der Waals surface area contributed by atoms with Crippen LogP contribution in [-0.2, 0) is 9.59 Å². The number of benzene rings is 1. The Kier molecular flexibility index (Phi) is 9.02. The van der Waals surface area contributed by atoms with E-state index in [0.717, 1.165) is 21.7 Å². The third kappa shape index (κ3) is 6.52. The normalized spacial score (nSPS) is 20.4. The molecule has 3 N–H and O–H groups in total. The van der Waals surface area contributed by atoms with Crippen LogP contribution < -0.4 is 10.2 Å². The van der Waals surface area contributed by atoms with Crippen LogP contribution in [0.3, 0.4) is 0 Å². The van der Waals surface area contributed by atoms with Crippen molar-refractivity contribution in [2.75, 3.05) is 37.6 Å². The summed E-state index contributed by atoms with van der Waals surface area (Å²) in [5.41, 5.74) is 4.79. The van der Waals surface area contributed by atoms with E-state index in [9.17, 15) is 24.6 Å². The lowest BCUT2D eigenvalue weighted by Crippen LogP contribution is -2.48. The van der Waals surface area contributed by atoms with Gasteiger partial charge in [-0.25, -0.2) is 9.78 Å². The van der Waals surface area contributed by atoms with Crippen molar-refractivity contribution in [1.82, 2.24) is 25.3 Å². The van der Waals surface area contributed by atoms with Crippen LogP contribution in [0.1, 0.15) is 56.2 Å². The van der Waals surface area contributed by atoms with Gasteiger partial charge in [0.1, 0.15) is 12.0 Å². The second-order valence-corrected chi connectivity index (χ2v) is 12.4. The summed E-state index contributed by atoms with van der Waals surface area (Å²) < 4.78 is 5.65. The third-order valence-corrected chi connectivity index (χ3v) is 9.25. The summed E-state index contributed by atoms with van der Waals surface area (Å²) in [7, 11) is 0. The molecule has 230 valence electrons. The van der Waals surface area contributed by atoms with Crippen LogP contribution in [0.5, 0.6) is 0 Å². The number of carbonyl (C=O) groups excluding carboxylic acids is 2. The SMILES string of the molecule is Cc1ncsc1-c1ccc([C@H](C)NC(=O)[C@H]2C[C@@H](O)CN2C(=O)C(c2cc(N3CCN(C(=O)O)CC3)no2)C(C)C)cc1. The van der Waals surface area contributed by atoms with Gasteiger partial charge in [0.25, 0.3) is 0 Å². The summed E-state index contributed by atoms with van der Waals surface area (Å²) in [6.45, 7) is 9.34. The zero-order valence-corrected chi connectivity index (χ0v) is 25.6. The molecule has 1 unspecified atom stereocenters. The number of nitrogens with zero attached hydrogens (tertiary/aromatic N) is 5. The fourth-order valence-corrected chi connectivity index (χ4v) is 6.63. The van der Waals surface area contributed by atoms with E-state index in [1.165, 1.54) is 9.80 Å². The van der Waals surface area contributed by atoms with Crippen LogP contribution in [0.2, 0.25) is 0 Å². The first-order valence-electron chi connectivity index (χ1n) is 14.5. The summed E-state index contributed by atoms with van der Waals surface area (Å²) >= 11 is 1.58. The van der Waals surface area contributed by atoms with Crippen LogP contribution in [0.4, 0.5) is 10.6 Å². The molecule has 2 aliphatic rings. The van der Waals surface area contributed by atoms with Gasteiger partial charge in [-0.15, -0.1) is 11.3 Å². The van der Waals surface area contributed by atoms with Gasteiger partial charge in [-0.05, 0) is 30.9 Å². The van der Waals surface area contributed by atoms with Crippen molar-refractivity contribution in [2.45, 2.75) is 58.2 Å². The second kappa shape index (κ2) is 12.7. The maximum atomic E-state index is 13.9. The largest absolute Gasteiger partial charge is 0.465 e. The van der Waals surface area contributed by atoms with Crippen molar-refractivity contribution >= 4 is 35.1 Å². The van der Waals surface area contributed by atoms with E-state index in [-0.39, 0.29) is 36.7 Å². The number of likely N-dealkylation sites (tertiary alicyclic amines) is 1. The van der Waals surface area contributed by atoms with Crippen LogP contribution in [0.25, 0.3) is 10.4 Å². The van der Waals surface area contributed by atoms with Crippen molar-refractivity contribution in [3.8, 4) is 10.4 Å². The first-order chi connectivity index (χ1) is 20.5. The smallest absolute Gasteiger partial charge is 0.407 e. The van der Waals surface area contributed by atoms with Crippen LogP contribution in [0, 0.1) is 12.8 Å². The minimum Gasteiger partial charge on any atom is -0.465 e. The Balaban J connectivity index is 1.26. The van der Waals surface area contributed by atoms with E-state index in [4.69, 9.17) is 4.52 Å². The number of carboxylic acid groups (broad SMARTS) is 1. The first-order valence-corrected chi connectivity index (χ1v) is 15.4. The average molecular weight is 611 g/mol. The molecule has 0 saturated carbocycles. The summed E-state index contributed by atoms with van der Waals surface area (Å²) in [6.07, 6.45) is -1.62. The minimum absolute atomic E-state index is 0.0512. The molecule has 0 bridgehead atoms. The van der Waals surface area contributed by atoms with E-state index in [1.54, 1.807) is 17.4 Å². The summed E-state index contributed by atoms with van der Waals surface area (Å²) in [5, 5.41) is 26.9. The number of rotatable bonds is 8.